The second-order valence-electron chi connectivity index (χ2n) is 7.79. The molecule has 0 aliphatic carbocycles. The van der Waals surface area contributed by atoms with Crippen LogP contribution in [0, 0.1) is 11.6 Å². The minimum atomic E-state index is -4.00. The maximum absolute atomic E-state index is 13.4. The molecule has 12 heteroatoms. The van der Waals surface area contributed by atoms with Crippen LogP contribution in [0.15, 0.2) is 47.4 Å². The van der Waals surface area contributed by atoms with Crippen LogP contribution >= 0.6 is 0 Å². The average molecular weight is 495 g/mol. The number of amides is 3. The van der Waals surface area contributed by atoms with Crippen molar-refractivity contribution in [2.24, 2.45) is 0 Å². The molecule has 3 amide bonds. The van der Waals surface area contributed by atoms with E-state index < -0.39 is 39.5 Å². The third kappa shape index (κ3) is 5.94. The van der Waals surface area contributed by atoms with Gasteiger partial charge in [-0.1, -0.05) is 0 Å². The molecule has 2 aromatic carbocycles. The second-order valence-corrected chi connectivity index (χ2v) is 9.51. The van der Waals surface area contributed by atoms with E-state index in [0.29, 0.717) is 5.69 Å². The molecule has 0 aromatic heterocycles. The number of nitrogens with zero attached hydrogens (tertiary/aromatic N) is 2. The summed E-state index contributed by atoms with van der Waals surface area (Å²) in [4.78, 5) is 39.2. The van der Waals surface area contributed by atoms with Gasteiger partial charge in [-0.05, 0) is 49.4 Å². The third-order valence-electron chi connectivity index (χ3n) is 5.23. The van der Waals surface area contributed by atoms with Crippen LogP contribution in [-0.4, -0.2) is 68.2 Å². The zero-order valence-electron chi connectivity index (χ0n) is 18.5. The van der Waals surface area contributed by atoms with Crippen LogP contribution in [0.5, 0.6) is 0 Å². The summed E-state index contributed by atoms with van der Waals surface area (Å²) in [5, 5.41) is 2.53. The number of carbonyl (C=O) groups is 3. The highest BCUT2D eigenvalue weighted by Gasteiger charge is 2.30. The third-order valence-corrected chi connectivity index (χ3v) is 6.79. The van der Waals surface area contributed by atoms with E-state index in [-0.39, 0.29) is 42.5 Å². The predicted molar refractivity (Wildman–Crippen MR) is 119 cm³/mol. The second kappa shape index (κ2) is 10.3. The molecule has 1 saturated heterocycles. The van der Waals surface area contributed by atoms with E-state index in [4.69, 9.17) is 0 Å². The van der Waals surface area contributed by atoms with Crippen LogP contribution in [0.3, 0.4) is 0 Å². The van der Waals surface area contributed by atoms with Gasteiger partial charge in [-0.2, -0.15) is 4.72 Å². The molecule has 0 unspecified atom stereocenters. The van der Waals surface area contributed by atoms with Crippen molar-refractivity contribution >= 4 is 33.4 Å². The van der Waals surface area contributed by atoms with Gasteiger partial charge in [-0.25, -0.2) is 17.2 Å². The van der Waals surface area contributed by atoms with Crippen LogP contribution in [0.1, 0.15) is 24.2 Å². The summed E-state index contributed by atoms with van der Waals surface area (Å²) in [6.45, 7) is 3.39. The number of hydrogen-bond donors (Lipinski definition) is 2. The number of rotatable bonds is 6. The van der Waals surface area contributed by atoms with Gasteiger partial charge in [-0.15, -0.1) is 0 Å². The molecule has 0 spiro atoms. The summed E-state index contributed by atoms with van der Waals surface area (Å²) in [5.74, 6) is -3.40. The van der Waals surface area contributed by atoms with E-state index in [2.05, 4.69) is 10.0 Å². The Bertz CT molecular complexity index is 1200. The lowest BCUT2D eigenvalue weighted by Crippen LogP contribution is -2.55. The Hall–Kier alpha value is -3.38. The number of piperazine rings is 1. The maximum Gasteiger partial charge on any atom is 0.254 e. The molecule has 2 N–H and O–H groups in total. The molecule has 3 rings (SSSR count). The van der Waals surface area contributed by atoms with Gasteiger partial charge in [-0.3, -0.25) is 14.4 Å². The first-order valence-corrected chi connectivity index (χ1v) is 11.9. The van der Waals surface area contributed by atoms with E-state index in [1.165, 1.54) is 54.0 Å². The van der Waals surface area contributed by atoms with Gasteiger partial charge in [0.05, 0.1) is 10.9 Å². The van der Waals surface area contributed by atoms with E-state index in [1.807, 2.05) is 0 Å². The Morgan fingerprint density at radius 2 is 1.50 bits per heavy atom. The summed E-state index contributed by atoms with van der Waals surface area (Å²) in [6, 6.07) is 7.34. The lowest BCUT2D eigenvalue weighted by Gasteiger charge is -2.36. The molecule has 0 radical (unpaired) electrons. The number of halogens is 2. The predicted octanol–water partition coefficient (Wildman–Crippen LogP) is 1.57. The van der Waals surface area contributed by atoms with Crippen molar-refractivity contribution in [1.82, 2.24) is 14.5 Å². The van der Waals surface area contributed by atoms with Crippen LogP contribution in [0.2, 0.25) is 0 Å². The molecule has 1 heterocycles. The molecule has 1 aliphatic heterocycles. The first-order chi connectivity index (χ1) is 16.0. The highest BCUT2D eigenvalue weighted by atomic mass is 32.2. The minimum absolute atomic E-state index is 0.00401. The Balaban J connectivity index is 1.57. The molecule has 0 bridgehead atoms. The normalized spacial score (nSPS) is 15.1. The largest absolute Gasteiger partial charge is 0.338 e. The number of anilines is 1. The molecule has 1 atom stereocenters. The lowest BCUT2D eigenvalue weighted by molar-refractivity contribution is -0.134. The monoisotopic (exact) mass is 494 g/mol. The van der Waals surface area contributed by atoms with Crippen LogP contribution < -0.4 is 10.0 Å². The first-order valence-electron chi connectivity index (χ1n) is 10.4. The molecule has 34 heavy (non-hydrogen) atoms. The number of hydrogen-bond acceptors (Lipinski definition) is 5. The number of carbonyl (C=O) groups excluding carboxylic acids is 3. The highest BCUT2D eigenvalue weighted by Crippen LogP contribution is 2.16. The lowest BCUT2D eigenvalue weighted by atomic mass is 10.1. The fourth-order valence-electron chi connectivity index (χ4n) is 3.49. The highest BCUT2D eigenvalue weighted by molar-refractivity contribution is 7.89. The van der Waals surface area contributed by atoms with Crippen molar-refractivity contribution in [2.45, 2.75) is 24.8 Å². The standard InChI is InChI=1S/C22H24F2N4O5S/c1-14(26-34(32,33)18-6-4-17(5-7-18)25-15(2)29)21(30)27-9-11-28(12-10-27)22(31)16-3-8-19(23)20(24)13-16/h3-8,13-14,26H,9-12H2,1-2H3,(H,25,29)/t14-/m0/s1. The molecule has 182 valence electrons. The molecule has 2 aromatic rings. The Kier molecular flexibility index (Phi) is 7.62. The topological polar surface area (TPSA) is 116 Å². The van der Waals surface area contributed by atoms with Crippen molar-refractivity contribution in [3.63, 3.8) is 0 Å². The minimum Gasteiger partial charge on any atom is -0.338 e. The number of nitrogens with one attached hydrogen (secondary N) is 2. The summed E-state index contributed by atoms with van der Waals surface area (Å²) in [5.41, 5.74) is 0.440. The van der Waals surface area contributed by atoms with Gasteiger partial charge < -0.3 is 15.1 Å². The maximum atomic E-state index is 13.4. The summed E-state index contributed by atoms with van der Waals surface area (Å²) in [6.07, 6.45) is 0. The molecule has 9 nitrogen and oxygen atoms in total. The van der Waals surface area contributed by atoms with Gasteiger partial charge in [0, 0.05) is 44.4 Å². The fourth-order valence-corrected chi connectivity index (χ4v) is 4.68. The Morgan fingerprint density at radius 1 is 0.912 bits per heavy atom. The van der Waals surface area contributed by atoms with Gasteiger partial charge in [0.1, 0.15) is 0 Å². The van der Waals surface area contributed by atoms with Gasteiger partial charge in [0.15, 0.2) is 11.6 Å². The molecule has 1 aliphatic rings. The van der Waals surface area contributed by atoms with Crippen molar-refractivity contribution in [3.05, 3.63) is 59.7 Å². The zero-order valence-corrected chi connectivity index (χ0v) is 19.4. The summed E-state index contributed by atoms with van der Waals surface area (Å²) in [7, 11) is -4.00. The summed E-state index contributed by atoms with van der Waals surface area (Å²) < 4.78 is 54.1. The van der Waals surface area contributed by atoms with Crippen LogP contribution in [0.25, 0.3) is 0 Å². The SMILES string of the molecule is CC(=O)Nc1ccc(S(=O)(=O)N[C@@H](C)C(=O)N2CCN(C(=O)c3ccc(F)c(F)c3)CC2)cc1. The first kappa shape index (κ1) is 25.2. The van der Waals surface area contributed by atoms with Crippen molar-refractivity contribution in [3.8, 4) is 0 Å². The van der Waals surface area contributed by atoms with Gasteiger partial charge in [0.2, 0.25) is 21.8 Å². The Labute approximate surface area is 195 Å². The number of sulfonamides is 1. The Morgan fingerprint density at radius 3 is 2.06 bits per heavy atom. The molecule has 0 saturated carbocycles. The number of benzene rings is 2. The average Bonchev–Trinajstić information content (AvgIpc) is 2.79. The fraction of sp³-hybridized carbons (Fsp3) is 0.318. The zero-order chi connectivity index (χ0) is 25.0. The van der Waals surface area contributed by atoms with Crippen molar-refractivity contribution in [1.29, 1.82) is 0 Å². The van der Waals surface area contributed by atoms with Gasteiger partial charge in [0.25, 0.3) is 5.91 Å². The molecular formula is C22H24F2N4O5S. The quantitative estimate of drug-likeness (QED) is 0.633. The molecule has 1 fully saturated rings. The van der Waals surface area contributed by atoms with Crippen LogP contribution in [0.4, 0.5) is 14.5 Å². The molecular weight excluding hydrogens is 470 g/mol. The van der Waals surface area contributed by atoms with E-state index in [9.17, 15) is 31.6 Å². The van der Waals surface area contributed by atoms with Crippen molar-refractivity contribution < 1.29 is 31.6 Å². The summed E-state index contributed by atoms with van der Waals surface area (Å²) >= 11 is 0. The van der Waals surface area contributed by atoms with Gasteiger partial charge >= 0.3 is 0 Å². The van der Waals surface area contributed by atoms with E-state index >= 15 is 0 Å². The smallest absolute Gasteiger partial charge is 0.254 e. The van der Waals surface area contributed by atoms with E-state index in [1.54, 1.807) is 0 Å². The van der Waals surface area contributed by atoms with Crippen molar-refractivity contribution in [2.75, 3.05) is 31.5 Å². The van der Waals surface area contributed by atoms with E-state index in [0.717, 1.165) is 12.1 Å². The van der Waals surface area contributed by atoms with Crippen LogP contribution in [-0.2, 0) is 19.6 Å².